The topological polar surface area (TPSA) is 134 Å². The van der Waals surface area contributed by atoms with Crippen molar-refractivity contribution in [2.24, 2.45) is 5.73 Å². The first-order valence-electron chi connectivity index (χ1n) is 40.7. The van der Waals surface area contributed by atoms with Crippen LogP contribution in [0.15, 0.2) is 134 Å². The van der Waals surface area contributed by atoms with E-state index in [1.54, 1.807) is 0 Å². The number of hydrogen-bond acceptors (Lipinski definition) is 8. The van der Waals surface area contributed by atoms with E-state index >= 15 is 0 Å². The van der Waals surface area contributed by atoms with Crippen molar-refractivity contribution in [1.82, 2.24) is 0 Å². The van der Waals surface area contributed by atoms with Gasteiger partial charge < -0.3 is 20.1 Å². The van der Waals surface area contributed by atoms with Gasteiger partial charge in [0.05, 0.1) is 13.2 Å². The molecule has 0 spiro atoms. The fourth-order valence-corrected chi connectivity index (χ4v) is 12.4. The summed E-state index contributed by atoms with van der Waals surface area (Å²) in [5, 5.41) is 0. The van der Waals surface area contributed by atoms with E-state index in [-0.39, 0.29) is 38.6 Å². The van der Waals surface area contributed by atoms with Gasteiger partial charge in [0.2, 0.25) is 0 Å². The van der Waals surface area contributed by atoms with Crippen LogP contribution in [-0.4, -0.2) is 49.3 Å². The third-order valence-corrected chi connectivity index (χ3v) is 18.5. The third kappa shape index (κ3) is 81.0. The van der Waals surface area contributed by atoms with Crippen molar-refractivity contribution in [3.05, 3.63) is 134 Å². The van der Waals surface area contributed by atoms with Gasteiger partial charge in [0.15, 0.2) is 6.10 Å². The van der Waals surface area contributed by atoms with E-state index in [0.717, 1.165) is 109 Å². The molecule has 0 bridgehead atoms. The van der Waals surface area contributed by atoms with Crippen LogP contribution in [0.25, 0.3) is 0 Å². The van der Waals surface area contributed by atoms with Crippen LogP contribution in [0, 0.1) is 0 Å². The predicted molar refractivity (Wildman–Crippen MR) is 422 cm³/mol. The van der Waals surface area contributed by atoms with Crippen LogP contribution in [0.2, 0.25) is 0 Å². The third-order valence-electron chi connectivity index (χ3n) is 17.5. The molecule has 558 valence electrons. The first-order chi connectivity index (χ1) is 47.8. The summed E-state index contributed by atoms with van der Waals surface area (Å²) in [5.74, 6) is -0.812. The van der Waals surface area contributed by atoms with Gasteiger partial charge in [-0.15, -0.1) is 0 Å². The minimum Gasteiger partial charge on any atom is -0.462 e. The van der Waals surface area contributed by atoms with Gasteiger partial charge in [-0.1, -0.05) is 385 Å². The molecule has 0 aromatic rings. The van der Waals surface area contributed by atoms with Crippen LogP contribution in [0.1, 0.15) is 373 Å². The van der Waals surface area contributed by atoms with Crippen molar-refractivity contribution < 1.29 is 37.6 Å². The van der Waals surface area contributed by atoms with Crippen molar-refractivity contribution in [3.63, 3.8) is 0 Å². The fraction of sp³-hybridized carbons (Fsp3) is 0.724. The highest BCUT2D eigenvalue weighted by Crippen LogP contribution is 2.43. The number of ether oxygens (including phenoxy) is 2. The van der Waals surface area contributed by atoms with Gasteiger partial charge in [-0.3, -0.25) is 18.6 Å². The van der Waals surface area contributed by atoms with Crippen LogP contribution >= 0.6 is 7.82 Å². The standard InChI is InChI=1S/C87H152NO8P/c1-3-5-7-9-11-13-15-17-19-21-23-25-27-29-31-33-35-37-39-40-41-42-43-44-46-48-50-52-54-56-58-60-62-64-66-68-70-72-74-76-78-80-87(90)96-85(84-95-97(91,92)94-82-81-88)83-93-86(89)79-77-75-73-71-69-67-65-63-61-59-57-55-53-51-49-47-45-38-36-34-32-30-28-26-24-22-20-18-16-14-12-10-8-6-4-2/h5-8,11-14,17-20,23-26,29-32,35,37,85H,3-4,9-10,15-16,21-22,27-28,33-34,36,38-84,88H2,1-2H3,(H,91,92)/b7-5-,8-6-,13-11-,14-12-,19-17-,20-18-,25-23-,26-24-,31-29-,32-30-,37-35-. The smallest absolute Gasteiger partial charge is 0.462 e. The highest BCUT2D eigenvalue weighted by molar-refractivity contribution is 7.47. The molecule has 2 unspecified atom stereocenters. The zero-order valence-corrected chi connectivity index (χ0v) is 63.9. The van der Waals surface area contributed by atoms with Crippen molar-refractivity contribution in [1.29, 1.82) is 0 Å². The Kier molecular flexibility index (Phi) is 77.9. The molecule has 0 saturated heterocycles. The highest BCUT2D eigenvalue weighted by Gasteiger charge is 2.26. The van der Waals surface area contributed by atoms with Crippen LogP contribution in [0.4, 0.5) is 0 Å². The van der Waals surface area contributed by atoms with Gasteiger partial charge in [0, 0.05) is 19.4 Å². The zero-order chi connectivity index (χ0) is 70.0. The lowest BCUT2D eigenvalue weighted by molar-refractivity contribution is -0.161. The van der Waals surface area contributed by atoms with E-state index in [9.17, 15) is 19.0 Å². The summed E-state index contributed by atoms with van der Waals surface area (Å²) in [5.41, 5.74) is 5.42. The summed E-state index contributed by atoms with van der Waals surface area (Å²) in [6, 6.07) is 0. The number of unbranched alkanes of at least 4 members (excludes halogenated alkanes) is 41. The number of allylic oxidation sites excluding steroid dienone is 22. The highest BCUT2D eigenvalue weighted by atomic mass is 31.2. The normalized spacial score (nSPS) is 13.6. The average Bonchev–Trinajstić information content (AvgIpc) is 2.57. The Morgan fingerprint density at radius 3 is 0.794 bits per heavy atom. The van der Waals surface area contributed by atoms with Gasteiger partial charge in [-0.2, -0.15) is 0 Å². The monoisotopic (exact) mass is 1370 g/mol. The molecule has 0 fully saturated rings. The van der Waals surface area contributed by atoms with E-state index in [2.05, 4.69) is 148 Å². The molecule has 0 aliphatic heterocycles. The summed E-state index contributed by atoms with van der Waals surface area (Å²) in [4.78, 5) is 35.5. The molecule has 10 heteroatoms. The number of nitrogens with two attached hydrogens (primary N) is 1. The van der Waals surface area contributed by atoms with Crippen LogP contribution in [0.3, 0.4) is 0 Å². The molecule has 0 heterocycles. The largest absolute Gasteiger partial charge is 0.472 e. The van der Waals surface area contributed by atoms with E-state index in [1.165, 1.54) is 231 Å². The molecule has 0 saturated carbocycles. The second-order valence-electron chi connectivity index (χ2n) is 26.9. The molecular weight excluding hydrogens is 1220 g/mol. The molecule has 2 atom stereocenters. The molecule has 0 rings (SSSR count). The van der Waals surface area contributed by atoms with E-state index < -0.39 is 26.5 Å². The van der Waals surface area contributed by atoms with Crippen molar-refractivity contribution in [3.8, 4) is 0 Å². The number of phosphoric acid groups is 1. The molecule has 0 aromatic carbocycles. The Labute approximate surface area is 599 Å². The van der Waals surface area contributed by atoms with Gasteiger partial charge in [0.1, 0.15) is 6.61 Å². The van der Waals surface area contributed by atoms with E-state index in [0.29, 0.717) is 6.42 Å². The summed E-state index contributed by atoms with van der Waals surface area (Å²) < 4.78 is 33.3. The lowest BCUT2D eigenvalue weighted by atomic mass is 10.0. The molecule has 0 radical (unpaired) electrons. The Morgan fingerprint density at radius 2 is 0.536 bits per heavy atom. The molecule has 0 aromatic heterocycles. The number of carbonyl (C=O) groups excluding carboxylic acids is 2. The molecular formula is C87H152NO8P. The minimum absolute atomic E-state index is 0.0520. The second kappa shape index (κ2) is 81.1. The van der Waals surface area contributed by atoms with Gasteiger partial charge in [-0.05, 0) is 109 Å². The predicted octanol–water partition coefficient (Wildman–Crippen LogP) is 27.5. The Bertz CT molecular complexity index is 2060. The zero-order valence-electron chi connectivity index (χ0n) is 63.0. The second-order valence-corrected chi connectivity index (χ2v) is 28.3. The minimum atomic E-state index is -4.40. The molecule has 0 aliphatic rings. The van der Waals surface area contributed by atoms with E-state index in [1.807, 2.05) is 0 Å². The van der Waals surface area contributed by atoms with Crippen LogP contribution in [-0.2, 0) is 32.7 Å². The lowest BCUT2D eigenvalue weighted by Crippen LogP contribution is -2.29. The molecule has 0 aliphatic carbocycles. The van der Waals surface area contributed by atoms with Gasteiger partial charge in [0.25, 0.3) is 0 Å². The summed E-state index contributed by atoms with van der Waals surface area (Å²) >= 11 is 0. The van der Waals surface area contributed by atoms with Gasteiger partial charge in [-0.25, -0.2) is 4.57 Å². The Balaban J connectivity index is 3.78. The maximum Gasteiger partial charge on any atom is 0.472 e. The first kappa shape index (κ1) is 93.2. The number of esters is 2. The quantitative estimate of drug-likeness (QED) is 0.0264. The van der Waals surface area contributed by atoms with Crippen molar-refractivity contribution in [2.45, 2.75) is 380 Å². The number of phosphoric ester groups is 1. The molecule has 3 N–H and O–H groups in total. The van der Waals surface area contributed by atoms with Crippen molar-refractivity contribution >= 4 is 19.8 Å². The van der Waals surface area contributed by atoms with Gasteiger partial charge >= 0.3 is 19.8 Å². The Hall–Kier alpha value is -3.85. The van der Waals surface area contributed by atoms with Crippen LogP contribution in [0.5, 0.6) is 0 Å². The summed E-state index contributed by atoms with van der Waals surface area (Å²) in [6.07, 6.45) is 116. The summed E-state index contributed by atoms with van der Waals surface area (Å²) in [7, 11) is -4.40. The van der Waals surface area contributed by atoms with Crippen molar-refractivity contribution in [2.75, 3.05) is 26.4 Å². The van der Waals surface area contributed by atoms with Crippen LogP contribution < -0.4 is 5.73 Å². The number of rotatable bonds is 76. The molecule has 9 nitrogen and oxygen atoms in total. The first-order valence-corrected chi connectivity index (χ1v) is 42.2. The number of carbonyl (C=O) groups is 2. The SMILES string of the molecule is CC/C=C\C/C=C\C/C=C\C/C=C\C/C=C\C/C=C\CCCCCCCCCCCCCCCCCCCCCCCCC(=O)OC(COC(=O)CCCCCCCCCCCCCCCCCCCCC/C=C\C/C=C\C/C=C\C/C=C\C/C=C\CC)COP(=O)(O)OCCN. The fourth-order valence-electron chi connectivity index (χ4n) is 11.6. The lowest BCUT2D eigenvalue weighted by Gasteiger charge is -2.19. The summed E-state index contributed by atoms with van der Waals surface area (Å²) in [6.45, 7) is 3.56. The maximum atomic E-state index is 12.8. The maximum absolute atomic E-state index is 12.8. The Morgan fingerprint density at radius 1 is 0.309 bits per heavy atom. The molecule has 0 amide bonds. The van der Waals surface area contributed by atoms with E-state index in [4.69, 9.17) is 24.3 Å². The molecule has 97 heavy (non-hydrogen) atoms. The average molecular weight is 1370 g/mol. The number of hydrogen-bond donors (Lipinski definition) is 2.